The molecule has 0 radical (unpaired) electrons. The lowest BCUT2D eigenvalue weighted by molar-refractivity contribution is -0.120. The van der Waals surface area contributed by atoms with Crippen LogP contribution in [-0.2, 0) is 11.2 Å². The number of aromatic nitrogens is 5. The molecule has 7 nitrogen and oxygen atoms in total. The Hall–Kier alpha value is -2.26. The normalized spacial score (nSPS) is 12.1. The molecule has 0 saturated carbocycles. The summed E-state index contributed by atoms with van der Waals surface area (Å²) in [5.74, 6) is -0.0426. The summed E-state index contributed by atoms with van der Waals surface area (Å²) in [5.41, 5.74) is 4.79. The second kappa shape index (κ2) is 8.21. The molecule has 0 bridgehead atoms. The average Bonchev–Trinajstić information content (AvgIpc) is 3.26. The first-order valence-corrected chi connectivity index (χ1v) is 9.62. The van der Waals surface area contributed by atoms with E-state index in [0.29, 0.717) is 11.7 Å². The van der Waals surface area contributed by atoms with Crippen LogP contribution >= 0.6 is 23.1 Å². The van der Waals surface area contributed by atoms with Crippen LogP contribution < -0.4 is 5.32 Å². The van der Waals surface area contributed by atoms with Crippen LogP contribution in [-0.4, -0.2) is 42.9 Å². The molecule has 25 heavy (non-hydrogen) atoms. The summed E-state index contributed by atoms with van der Waals surface area (Å²) in [5, 5.41) is 17.0. The summed E-state index contributed by atoms with van der Waals surface area (Å²) in [7, 11) is 0. The second-order valence-electron chi connectivity index (χ2n) is 5.49. The van der Waals surface area contributed by atoms with Gasteiger partial charge in [-0.1, -0.05) is 23.9 Å². The van der Waals surface area contributed by atoms with E-state index in [1.807, 2.05) is 43.5 Å². The molecule has 0 aliphatic rings. The van der Waals surface area contributed by atoms with E-state index in [2.05, 4.69) is 25.8 Å². The van der Waals surface area contributed by atoms with Crippen molar-refractivity contribution in [2.45, 2.75) is 30.7 Å². The molecule has 0 aliphatic heterocycles. The van der Waals surface area contributed by atoms with Crippen LogP contribution in [0.4, 0.5) is 0 Å². The van der Waals surface area contributed by atoms with Crippen LogP contribution in [0.1, 0.15) is 18.2 Å². The maximum absolute atomic E-state index is 12.3. The largest absolute Gasteiger partial charge is 0.355 e. The van der Waals surface area contributed by atoms with E-state index in [9.17, 15) is 4.79 Å². The Morgan fingerprint density at radius 1 is 1.44 bits per heavy atom. The van der Waals surface area contributed by atoms with E-state index >= 15 is 0 Å². The Kier molecular flexibility index (Phi) is 5.77. The highest BCUT2D eigenvalue weighted by molar-refractivity contribution is 8.00. The number of tetrazole rings is 1. The van der Waals surface area contributed by atoms with Gasteiger partial charge in [0.15, 0.2) is 0 Å². The highest BCUT2D eigenvalue weighted by Gasteiger charge is 2.19. The third-order valence-corrected chi connectivity index (χ3v) is 5.17. The Morgan fingerprint density at radius 3 is 3.08 bits per heavy atom. The summed E-state index contributed by atoms with van der Waals surface area (Å²) in [4.78, 5) is 16.5. The number of amides is 1. The first kappa shape index (κ1) is 17.6. The molecule has 0 unspecified atom stereocenters. The van der Waals surface area contributed by atoms with Crippen molar-refractivity contribution in [1.82, 2.24) is 30.5 Å². The third-order valence-electron chi connectivity index (χ3n) is 3.50. The van der Waals surface area contributed by atoms with Gasteiger partial charge < -0.3 is 5.32 Å². The summed E-state index contributed by atoms with van der Waals surface area (Å²) >= 11 is 2.89. The first-order chi connectivity index (χ1) is 12.1. The first-order valence-electron chi connectivity index (χ1n) is 7.80. The quantitative estimate of drug-likeness (QED) is 0.639. The Balaban J connectivity index is 1.58. The number of hydrogen-bond acceptors (Lipinski definition) is 7. The molecule has 1 amide bonds. The number of thiazole rings is 1. The number of benzene rings is 1. The summed E-state index contributed by atoms with van der Waals surface area (Å²) in [6.07, 6.45) is 0.730. The van der Waals surface area contributed by atoms with Gasteiger partial charge in [-0.2, -0.15) is 4.68 Å². The zero-order valence-corrected chi connectivity index (χ0v) is 15.5. The van der Waals surface area contributed by atoms with Gasteiger partial charge in [-0.25, -0.2) is 4.98 Å². The maximum Gasteiger partial charge on any atom is 0.233 e. The van der Waals surface area contributed by atoms with Gasteiger partial charge in [-0.3, -0.25) is 4.79 Å². The molecule has 3 rings (SSSR count). The Bertz CT molecular complexity index is 833. The Labute approximate surface area is 153 Å². The van der Waals surface area contributed by atoms with Crippen molar-refractivity contribution in [2.75, 3.05) is 6.54 Å². The molecule has 0 aliphatic carbocycles. The highest BCUT2D eigenvalue weighted by atomic mass is 32.2. The molecule has 3 aromatic rings. The molecule has 0 spiro atoms. The lowest BCUT2D eigenvalue weighted by atomic mass is 10.2. The predicted molar refractivity (Wildman–Crippen MR) is 98.0 cm³/mol. The van der Waals surface area contributed by atoms with Gasteiger partial charge in [0.2, 0.25) is 11.1 Å². The average molecular weight is 374 g/mol. The van der Waals surface area contributed by atoms with Gasteiger partial charge in [0.1, 0.15) is 0 Å². The van der Waals surface area contributed by atoms with Crippen LogP contribution in [0.2, 0.25) is 0 Å². The van der Waals surface area contributed by atoms with E-state index < -0.39 is 0 Å². The van der Waals surface area contributed by atoms with Gasteiger partial charge >= 0.3 is 0 Å². The monoisotopic (exact) mass is 374 g/mol. The maximum atomic E-state index is 12.3. The van der Waals surface area contributed by atoms with E-state index in [0.717, 1.165) is 23.4 Å². The molecule has 1 N–H and O–H groups in total. The second-order valence-corrected chi connectivity index (χ2v) is 7.52. The van der Waals surface area contributed by atoms with Crippen molar-refractivity contribution < 1.29 is 4.79 Å². The van der Waals surface area contributed by atoms with Crippen molar-refractivity contribution in [3.8, 4) is 5.69 Å². The van der Waals surface area contributed by atoms with E-state index in [1.165, 1.54) is 11.8 Å². The summed E-state index contributed by atoms with van der Waals surface area (Å²) in [6.45, 7) is 4.42. The minimum Gasteiger partial charge on any atom is -0.355 e. The van der Waals surface area contributed by atoms with Crippen molar-refractivity contribution in [2.24, 2.45) is 0 Å². The number of carbonyl (C=O) groups is 1. The summed E-state index contributed by atoms with van der Waals surface area (Å²) < 4.78 is 1.65. The third kappa shape index (κ3) is 4.64. The van der Waals surface area contributed by atoms with Crippen molar-refractivity contribution in [1.29, 1.82) is 0 Å². The van der Waals surface area contributed by atoms with Crippen LogP contribution in [0.3, 0.4) is 0 Å². The number of carbonyl (C=O) groups excluding carboxylic acids is 1. The fraction of sp³-hybridized carbons (Fsp3) is 0.312. The van der Waals surface area contributed by atoms with Crippen LogP contribution in [0.25, 0.3) is 5.69 Å². The van der Waals surface area contributed by atoms with Gasteiger partial charge in [0.25, 0.3) is 0 Å². The molecular weight excluding hydrogens is 356 g/mol. The fourth-order valence-corrected chi connectivity index (χ4v) is 3.63. The molecular formula is C16H18N6OS2. The van der Waals surface area contributed by atoms with Gasteiger partial charge in [-0.15, -0.1) is 16.4 Å². The van der Waals surface area contributed by atoms with Crippen molar-refractivity contribution in [3.05, 3.63) is 46.4 Å². The number of rotatable bonds is 7. The van der Waals surface area contributed by atoms with Gasteiger partial charge in [0.05, 0.1) is 22.1 Å². The zero-order chi connectivity index (χ0) is 17.6. The topological polar surface area (TPSA) is 85.6 Å². The number of thioether (sulfide) groups is 1. The molecule has 1 atom stereocenters. The predicted octanol–water partition coefficient (Wildman–Crippen LogP) is 2.27. The SMILES string of the molecule is Cc1cccc(-n2nnnc2S[C@@H](C)C(=O)NCCc2cscn2)c1. The molecule has 0 fully saturated rings. The number of hydrogen-bond donors (Lipinski definition) is 1. The molecule has 130 valence electrons. The van der Waals surface area contributed by atoms with E-state index in [4.69, 9.17) is 0 Å². The minimum absolute atomic E-state index is 0.0426. The number of nitrogens with one attached hydrogen (secondary N) is 1. The van der Waals surface area contributed by atoms with Gasteiger partial charge in [-0.05, 0) is 42.0 Å². The van der Waals surface area contributed by atoms with Crippen LogP contribution in [0.5, 0.6) is 0 Å². The lowest BCUT2D eigenvalue weighted by Gasteiger charge is -2.11. The lowest BCUT2D eigenvalue weighted by Crippen LogP contribution is -2.32. The van der Waals surface area contributed by atoms with Crippen LogP contribution in [0, 0.1) is 6.92 Å². The van der Waals surface area contributed by atoms with E-state index in [1.54, 1.807) is 21.5 Å². The molecule has 0 saturated heterocycles. The van der Waals surface area contributed by atoms with E-state index in [-0.39, 0.29) is 11.2 Å². The minimum atomic E-state index is -0.301. The van der Waals surface area contributed by atoms with Crippen molar-refractivity contribution >= 4 is 29.0 Å². The van der Waals surface area contributed by atoms with Crippen LogP contribution in [0.15, 0.2) is 40.3 Å². The molecule has 1 aromatic carbocycles. The number of nitrogens with zero attached hydrogens (tertiary/aromatic N) is 5. The smallest absolute Gasteiger partial charge is 0.233 e. The molecule has 2 heterocycles. The highest BCUT2D eigenvalue weighted by Crippen LogP contribution is 2.23. The standard InChI is InChI=1S/C16H18N6OS2/c1-11-4-3-5-14(8-11)22-16(19-20-21-22)25-12(2)15(23)17-7-6-13-9-24-10-18-13/h3-5,8-10,12H,6-7H2,1-2H3,(H,17,23)/t12-/m0/s1. The zero-order valence-electron chi connectivity index (χ0n) is 13.9. The fourth-order valence-electron chi connectivity index (χ4n) is 2.20. The van der Waals surface area contributed by atoms with Gasteiger partial charge in [0, 0.05) is 18.3 Å². The molecule has 2 aromatic heterocycles. The number of aryl methyl sites for hydroxylation is 1. The molecule has 9 heteroatoms. The summed E-state index contributed by atoms with van der Waals surface area (Å²) in [6, 6.07) is 7.90. The van der Waals surface area contributed by atoms with Crippen molar-refractivity contribution in [3.63, 3.8) is 0 Å². The Morgan fingerprint density at radius 2 is 2.32 bits per heavy atom.